The molecule has 32 heavy (non-hydrogen) atoms. The molecule has 0 spiro atoms. The minimum absolute atomic E-state index is 0.0387. The molecule has 13 heteroatoms. The highest BCUT2D eigenvalue weighted by molar-refractivity contribution is 7.22. The Kier molecular flexibility index (Phi) is 5.13. The summed E-state index contributed by atoms with van der Waals surface area (Å²) in [4.78, 5) is 29.1. The molecule has 0 aliphatic heterocycles. The highest BCUT2D eigenvalue weighted by atomic mass is 35.5. The first-order chi connectivity index (χ1) is 15.3. The lowest BCUT2D eigenvalue weighted by atomic mass is 9.85. The fourth-order valence-corrected chi connectivity index (χ4v) is 5.08. The number of fused-ring (bicyclic) bond motifs is 2. The second kappa shape index (κ2) is 7.85. The monoisotopic (exact) mass is 481 g/mol. The topological polar surface area (TPSA) is 112 Å². The van der Waals surface area contributed by atoms with Gasteiger partial charge >= 0.3 is 0 Å². The number of anilines is 2. The molecule has 166 valence electrons. The van der Waals surface area contributed by atoms with Gasteiger partial charge in [0.05, 0.1) is 16.5 Å². The number of hydrogen-bond donors (Lipinski definition) is 2. The quantitative estimate of drug-likeness (QED) is 0.330. The number of nitrogen functional groups attached to an aromatic ring is 1. The number of carbonyl (C=O) groups excluding carboxylic acids is 1. The summed E-state index contributed by atoms with van der Waals surface area (Å²) in [5, 5.41) is 2.78. The van der Waals surface area contributed by atoms with Gasteiger partial charge in [-0.15, -0.1) is 0 Å². The Morgan fingerprint density at radius 3 is 2.66 bits per heavy atom. The van der Waals surface area contributed by atoms with Gasteiger partial charge in [0, 0.05) is 18.0 Å². The lowest BCUT2D eigenvalue weighted by Crippen LogP contribution is -2.28. The van der Waals surface area contributed by atoms with Gasteiger partial charge in [0.2, 0.25) is 11.2 Å². The van der Waals surface area contributed by atoms with Gasteiger partial charge in [-0.3, -0.25) is 4.79 Å². The van der Waals surface area contributed by atoms with E-state index >= 15 is 0 Å². The third-order valence-corrected chi connectivity index (χ3v) is 6.78. The van der Waals surface area contributed by atoms with E-state index in [-0.39, 0.29) is 44.3 Å². The van der Waals surface area contributed by atoms with Crippen LogP contribution in [0.2, 0.25) is 5.28 Å². The molecular formula is C19H15ClF3N7OS. The summed E-state index contributed by atoms with van der Waals surface area (Å²) >= 11 is 6.69. The number of amides is 1. The molecule has 0 unspecified atom stereocenters. The molecule has 3 aromatic heterocycles. The Morgan fingerprint density at radius 2 is 1.91 bits per heavy atom. The maximum absolute atomic E-state index is 13.9. The summed E-state index contributed by atoms with van der Waals surface area (Å²) in [6, 6.07) is 0.875. The number of aromatic nitrogens is 5. The third kappa shape index (κ3) is 3.52. The zero-order chi connectivity index (χ0) is 22.6. The Hall–Kier alpha value is -2.99. The molecule has 1 fully saturated rings. The van der Waals surface area contributed by atoms with Gasteiger partial charge in [-0.25, -0.2) is 23.1 Å². The SMILES string of the molecule is Nc1nc(Cl)nc2c1ncn2[C@H]1CC[C@@H](C(=O)Nc2nc3cc(F)c(F)c(F)c3s2)CC1. The lowest BCUT2D eigenvalue weighted by molar-refractivity contribution is -0.120. The molecule has 0 bridgehead atoms. The number of thiazole rings is 1. The maximum atomic E-state index is 13.9. The van der Waals surface area contributed by atoms with Crippen molar-refractivity contribution in [1.29, 1.82) is 0 Å². The van der Waals surface area contributed by atoms with Crippen LogP contribution in [0.25, 0.3) is 21.4 Å². The van der Waals surface area contributed by atoms with Crippen LogP contribution >= 0.6 is 22.9 Å². The molecule has 5 rings (SSSR count). The Bertz CT molecular complexity index is 1370. The van der Waals surface area contributed by atoms with Gasteiger partial charge in [0.1, 0.15) is 5.52 Å². The smallest absolute Gasteiger partial charge is 0.229 e. The maximum Gasteiger partial charge on any atom is 0.229 e. The molecule has 8 nitrogen and oxygen atoms in total. The Balaban J connectivity index is 1.28. The number of halogens is 4. The van der Waals surface area contributed by atoms with Crippen LogP contribution in [0.4, 0.5) is 24.1 Å². The van der Waals surface area contributed by atoms with Crippen molar-refractivity contribution in [2.75, 3.05) is 11.1 Å². The van der Waals surface area contributed by atoms with Crippen LogP contribution in [-0.4, -0.2) is 30.4 Å². The average Bonchev–Trinajstić information content (AvgIpc) is 3.36. The number of nitrogens with zero attached hydrogens (tertiary/aromatic N) is 5. The van der Waals surface area contributed by atoms with Gasteiger partial charge < -0.3 is 15.6 Å². The van der Waals surface area contributed by atoms with Crippen molar-refractivity contribution in [2.45, 2.75) is 31.7 Å². The summed E-state index contributed by atoms with van der Waals surface area (Å²) in [6.07, 6.45) is 4.21. The zero-order valence-corrected chi connectivity index (χ0v) is 17.9. The minimum Gasteiger partial charge on any atom is -0.382 e. The fourth-order valence-electron chi connectivity index (χ4n) is 4.03. The van der Waals surface area contributed by atoms with Crippen molar-refractivity contribution < 1.29 is 18.0 Å². The molecule has 4 aromatic rings. The van der Waals surface area contributed by atoms with E-state index in [2.05, 4.69) is 25.3 Å². The first-order valence-corrected chi connectivity index (χ1v) is 10.9. The van der Waals surface area contributed by atoms with E-state index in [4.69, 9.17) is 17.3 Å². The normalized spacial score (nSPS) is 19.0. The van der Waals surface area contributed by atoms with Crippen molar-refractivity contribution in [2.24, 2.45) is 5.92 Å². The van der Waals surface area contributed by atoms with E-state index in [1.54, 1.807) is 6.33 Å². The summed E-state index contributed by atoms with van der Waals surface area (Å²) in [6.45, 7) is 0. The van der Waals surface area contributed by atoms with E-state index < -0.39 is 17.5 Å². The fraction of sp³-hybridized carbons (Fsp3) is 0.316. The molecule has 0 radical (unpaired) electrons. The van der Waals surface area contributed by atoms with Crippen molar-refractivity contribution in [3.63, 3.8) is 0 Å². The summed E-state index contributed by atoms with van der Waals surface area (Å²) in [5.74, 6) is -4.53. The zero-order valence-electron chi connectivity index (χ0n) is 16.3. The highest BCUT2D eigenvalue weighted by Gasteiger charge is 2.29. The molecule has 1 saturated carbocycles. The number of benzene rings is 1. The molecule has 1 aromatic carbocycles. The molecule has 1 aliphatic carbocycles. The van der Waals surface area contributed by atoms with Crippen LogP contribution < -0.4 is 11.1 Å². The summed E-state index contributed by atoms with van der Waals surface area (Å²) in [5.41, 5.74) is 6.83. The predicted molar refractivity (Wildman–Crippen MR) is 114 cm³/mol. The van der Waals surface area contributed by atoms with Crippen molar-refractivity contribution in [3.05, 3.63) is 35.1 Å². The molecule has 3 heterocycles. The van der Waals surface area contributed by atoms with Gasteiger partial charge in [-0.1, -0.05) is 11.3 Å². The van der Waals surface area contributed by atoms with Gasteiger partial charge in [-0.05, 0) is 37.3 Å². The number of carbonyl (C=O) groups is 1. The average molecular weight is 482 g/mol. The van der Waals surface area contributed by atoms with Crippen LogP contribution in [-0.2, 0) is 4.79 Å². The Labute approximate surface area is 187 Å². The van der Waals surface area contributed by atoms with Gasteiger partial charge in [-0.2, -0.15) is 9.97 Å². The summed E-state index contributed by atoms with van der Waals surface area (Å²) < 4.78 is 42.5. The molecule has 0 atom stereocenters. The van der Waals surface area contributed by atoms with Crippen LogP contribution in [0.5, 0.6) is 0 Å². The lowest BCUT2D eigenvalue weighted by Gasteiger charge is -2.28. The molecule has 0 saturated heterocycles. The van der Waals surface area contributed by atoms with Crippen molar-refractivity contribution in [1.82, 2.24) is 24.5 Å². The summed E-state index contributed by atoms with van der Waals surface area (Å²) in [7, 11) is 0. The van der Waals surface area contributed by atoms with Crippen LogP contribution in [0, 0.1) is 23.4 Å². The van der Waals surface area contributed by atoms with E-state index in [1.807, 2.05) is 4.57 Å². The predicted octanol–water partition coefficient (Wildman–Crippen LogP) is 4.46. The van der Waals surface area contributed by atoms with Crippen molar-refractivity contribution in [3.8, 4) is 0 Å². The third-order valence-electron chi connectivity index (χ3n) is 5.63. The number of imidazole rings is 1. The van der Waals surface area contributed by atoms with Crippen LogP contribution in [0.1, 0.15) is 31.7 Å². The van der Waals surface area contributed by atoms with Crippen molar-refractivity contribution >= 4 is 61.2 Å². The van der Waals surface area contributed by atoms with Crippen LogP contribution in [0.3, 0.4) is 0 Å². The second-order valence-electron chi connectivity index (χ2n) is 7.55. The van der Waals surface area contributed by atoms with E-state index in [0.717, 1.165) is 17.4 Å². The molecule has 1 amide bonds. The number of rotatable bonds is 3. The number of nitrogens with one attached hydrogen (secondary N) is 1. The Morgan fingerprint density at radius 1 is 1.16 bits per heavy atom. The van der Waals surface area contributed by atoms with Gasteiger partial charge in [0.15, 0.2) is 34.0 Å². The largest absolute Gasteiger partial charge is 0.382 e. The number of hydrogen-bond acceptors (Lipinski definition) is 7. The molecular weight excluding hydrogens is 467 g/mol. The van der Waals surface area contributed by atoms with Gasteiger partial charge in [0.25, 0.3) is 0 Å². The standard InChI is InChI=1S/C19H15ClF3N7OS/c20-18-27-15(24)13-16(28-18)30(6-25-13)8-3-1-7(2-4-8)17(31)29-19-26-10-5-9(21)11(22)12(23)14(10)32-19/h5-8H,1-4H2,(H2,24,27,28)(H,26,29,31)/t7-,8+. The van der Waals surface area contributed by atoms with E-state index in [1.165, 1.54) is 0 Å². The first-order valence-electron chi connectivity index (χ1n) is 9.72. The van der Waals surface area contributed by atoms with E-state index in [9.17, 15) is 18.0 Å². The number of nitrogens with two attached hydrogens (primary N) is 1. The minimum atomic E-state index is -1.56. The van der Waals surface area contributed by atoms with Crippen LogP contribution in [0.15, 0.2) is 12.4 Å². The molecule has 1 aliphatic rings. The first kappa shape index (κ1) is 20.9. The second-order valence-corrected chi connectivity index (χ2v) is 8.89. The highest BCUT2D eigenvalue weighted by Crippen LogP contribution is 2.36. The molecule has 3 N–H and O–H groups in total. The van der Waals surface area contributed by atoms with E-state index in [0.29, 0.717) is 36.8 Å².